The number of fused-ring (bicyclic) bond motifs is 1. The molecular formula is C23H22N4O6. The van der Waals surface area contributed by atoms with E-state index < -0.39 is 36.1 Å². The molecule has 3 heterocycles. The summed E-state index contributed by atoms with van der Waals surface area (Å²) in [7, 11) is 0. The predicted octanol–water partition coefficient (Wildman–Crippen LogP) is 1.71. The van der Waals surface area contributed by atoms with Crippen molar-refractivity contribution in [1.29, 1.82) is 0 Å². The molecule has 0 radical (unpaired) electrons. The first-order valence-electron chi connectivity index (χ1n) is 10.4. The Bertz CT molecular complexity index is 1180. The summed E-state index contributed by atoms with van der Waals surface area (Å²) in [4.78, 5) is 28.1. The number of hydrogen-bond donors (Lipinski definition) is 1. The zero-order chi connectivity index (χ0) is 23.0. The maximum absolute atomic E-state index is 12.6. The van der Waals surface area contributed by atoms with Crippen LogP contribution in [0, 0.1) is 6.92 Å². The average Bonchev–Trinajstić information content (AvgIpc) is 3.53. The molecule has 2 aliphatic rings. The molecule has 1 amide bonds. The van der Waals surface area contributed by atoms with Gasteiger partial charge in [-0.2, -0.15) is 0 Å². The van der Waals surface area contributed by atoms with Gasteiger partial charge < -0.3 is 24.7 Å². The molecule has 0 saturated carbocycles. The molecule has 1 unspecified atom stereocenters. The van der Waals surface area contributed by atoms with Crippen LogP contribution in [0.2, 0.25) is 0 Å². The third-order valence-electron chi connectivity index (χ3n) is 5.78. The number of carbonyl (C=O) groups is 2. The highest BCUT2D eigenvalue weighted by molar-refractivity contribution is 5.91. The summed E-state index contributed by atoms with van der Waals surface area (Å²) >= 11 is 0. The van der Waals surface area contributed by atoms with Crippen LogP contribution in [-0.2, 0) is 24.7 Å². The van der Waals surface area contributed by atoms with Crippen molar-refractivity contribution in [1.82, 2.24) is 14.8 Å². The van der Waals surface area contributed by atoms with Crippen LogP contribution in [0.5, 0.6) is 0 Å². The van der Waals surface area contributed by atoms with E-state index >= 15 is 0 Å². The Balaban J connectivity index is 1.40. The van der Waals surface area contributed by atoms with E-state index in [0.717, 1.165) is 11.1 Å². The van der Waals surface area contributed by atoms with Crippen LogP contribution < -0.4 is 5.73 Å². The first-order valence-corrected chi connectivity index (χ1v) is 10.4. The Kier molecular flexibility index (Phi) is 5.41. The molecule has 10 heteroatoms. The Morgan fingerprint density at radius 1 is 1.18 bits per heavy atom. The van der Waals surface area contributed by atoms with Gasteiger partial charge in [-0.25, -0.2) is 14.5 Å². The minimum absolute atomic E-state index is 0.0507. The van der Waals surface area contributed by atoms with Gasteiger partial charge in [-0.3, -0.25) is 4.79 Å². The number of amides is 1. The van der Waals surface area contributed by atoms with E-state index in [2.05, 4.69) is 10.1 Å². The second kappa shape index (κ2) is 8.39. The Morgan fingerprint density at radius 3 is 2.67 bits per heavy atom. The molecule has 0 spiro atoms. The van der Waals surface area contributed by atoms with Crippen molar-refractivity contribution < 1.29 is 28.5 Å². The molecule has 2 aliphatic heterocycles. The van der Waals surface area contributed by atoms with Crippen LogP contribution in [-0.4, -0.2) is 52.1 Å². The van der Waals surface area contributed by atoms with Crippen LogP contribution in [0.3, 0.4) is 0 Å². The van der Waals surface area contributed by atoms with Gasteiger partial charge in [0.2, 0.25) is 11.5 Å². The first kappa shape index (κ1) is 21.3. The Labute approximate surface area is 189 Å². The predicted molar refractivity (Wildman–Crippen MR) is 113 cm³/mol. The highest BCUT2D eigenvalue weighted by Gasteiger charge is 2.61. The molecule has 0 bridgehead atoms. The number of esters is 1. The number of primary amides is 1. The second-order valence-corrected chi connectivity index (χ2v) is 7.90. The first-order chi connectivity index (χ1) is 16.0. The van der Waals surface area contributed by atoms with E-state index in [1.165, 1.54) is 11.0 Å². The second-order valence-electron chi connectivity index (χ2n) is 7.90. The molecular weight excluding hydrogens is 428 g/mol. The van der Waals surface area contributed by atoms with Crippen LogP contribution in [0.1, 0.15) is 38.4 Å². The molecule has 2 saturated heterocycles. The number of nitrogens with zero attached hydrogens (tertiary/aromatic N) is 3. The van der Waals surface area contributed by atoms with Crippen molar-refractivity contribution in [3.05, 3.63) is 83.4 Å². The van der Waals surface area contributed by atoms with Crippen LogP contribution in [0.25, 0.3) is 0 Å². The number of benzene rings is 2. The average molecular weight is 450 g/mol. The zero-order valence-electron chi connectivity index (χ0n) is 17.8. The topological polar surface area (TPSA) is 128 Å². The molecule has 5 rings (SSSR count). The third-order valence-corrected chi connectivity index (χ3v) is 5.78. The van der Waals surface area contributed by atoms with E-state index in [1.54, 1.807) is 12.1 Å². The third kappa shape index (κ3) is 3.78. The molecule has 0 aliphatic carbocycles. The van der Waals surface area contributed by atoms with Gasteiger partial charge >= 0.3 is 5.97 Å². The monoisotopic (exact) mass is 450 g/mol. The highest BCUT2D eigenvalue weighted by atomic mass is 16.8. The molecule has 2 fully saturated rings. The van der Waals surface area contributed by atoms with Gasteiger partial charge in [0.15, 0.2) is 6.29 Å². The van der Waals surface area contributed by atoms with Gasteiger partial charge in [0.1, 0.15) is 31.7 Å². The number of hydrogen-bond acceptors (Lipinski definition) is 8. The number of aromatic nitrogens is 3. The van der Waals surface area contributed by atoms with E-state index in [4.69, 9.17) is 24.7 Å². The standard InChI is InChI=1S/C23H22N4O6/c1-14-7-5-6-10-16(14)21(29)30-11-17-18-23(12-31-17,27-13-25-20(26-27)19(24)28)33-22(32-18)15-8-3-2-4-9-15/h2-10,13,17-18,22H,11-12H2,1H3,(H2,24,28)/t17-,18-,22?,23-/m1/s1. The van der Waals surface area contributed by atoms with Gasteiger partial charge in [0.05, 0.1) is 5.56 Å². The largest absolute Gasteiger partial charge is 0.459 e. The van der Waals surface area contributed by atoms with Gasteiger partial charge in [-0.05, 0) is 18.6 Å². The van der Waals surface area contributed by atoms with Gasteiger partial charge in [0.25, 0.3) is 5.91 Å². The molecule has 33 heavy (non-hydrogen) atoms. The maximum atomic E-state index is 12.6. The SMILES string of the molecule is Cc1ccccc1C(=O)OC[C@H]1OC[C@@]2(n3cnc(C(N)=O)n3)OC(c3ccccc3)O[C@H]12. The fraction of sp³-hybridized carbons (Fsp3) is 0.304. The summed E-state index contributed by atoms with van der Waals surface area (Å²) in [5, 5.41) is 4.18. The summed E-state index contributed by atoms with van der Waals surface area (Å²) in [5.74, 6) is -1.36. The molecule has 4 atom stereocenters. The normalized spacial score (nSPS) is 26.2. The number of nitrogens with two attached hydrogens (primary N) is 1. The van der Waals surface area contributed by atoms with Gasteiger partial charge in [0, 0.05) is 5.56 Å². The fourth-order valence-corrected chi connectivity index (χ4v) is 4.07. The van der Waals surface area contributed by atoms with Crippen molar-refractivity contribution in [2.24, 2.45) is 5.73 Å². The van der Waals surface area contributed by atoms with Crippen molar-refractivity contribution in [3.8, 4) is 0 Å². The van der Waals surface area contributed by atoms with E-state index in [-0.39, 0.29) is 19.0 Å². The number of aryl methyl sites for hydroxylation is 1. The minimum Gasteiger partial charge on any atom is -0.459 e. The lowest BCUT2D eigenvalue weighted by Gasteiger charge is -2.25. The summed E-state index contributed by atoms with van der Waals surface area (Å²) in [6.45, 7) is 1.84. The minimum atomic E-state index is -1.21. The van der Waals surface area contributed by atoms with E-state index in [0.29, 0.717) is 5.56 Å². The zero-order valence-corrected chi connectivity index (χ0v) is 17.8. The number of ether oxygens (including phenoxy) is 4. The highest BCUT2D eigenvalue weighted by Crippen LogP contribution is 2.47. The van der Waals surface area contributed by atoms with Gasteiger partial charge in [-0.15, -0.1) is 5.10 Å². The Morgan fingerprint density at radius 2 is 1.94 bits per heavy atom. The fourth-order valence-electron chi connectivity index (χ4n) is 4.07. The molecule has 170 valence electrons. The molecule has 2 N–H and O–H groups in total. The smallest absolute Gasteiger partial charge is 0.338 e. The lowest BCUT2D eigenvalue weighted by molar-refractivity contribution is -0.157. The summed E-state index contributed by atoms with van der Waals surface area (Å²) in [6.07, 6.45) is -0.673. The van der Waals surface area contributed by atoms with Crippen LogP contribution in [0.15, 0.2) is 60.9 Å². The van der Waals surface area contributed by atoms with Crippen LogP contribution in [0.4, 0.5) is 0 Å². The van der Waals surface area contributed by atoms with Crippen molar-refractivity contribution in [2.45, 2.75) is 31.1 Å². The van der Waals surface area contributed by atoms with Crippen LogP contribution >= 0.6 is 0 Å². The lowest BCUT2D eigenvalue weighted by atomic mass is 10.1. The van der Waals surface area contributed by atoms with E-state index in [1.807, 2.05) is 49.4 Å². The maximum Gasteiger partial charge on any atom is 0.338 e. The molecule has 3 aromatic rings. The summed E-state index contributed by atoms with van der Waals surface area (Å²) < 4.78 is 25.4. The van der Waals surface area contributed by atoms with Gasteiger partial charge in [-0.1, -0.05) is 48.5 Å². The Hall–Kier alpha value is -3.60. The quantitative estimate of drug-likeness (QED) is 0.562. The molecule has 2 aromatic carbocycles. The molecule has 10 nitrogen and oxygen atoms in total. The van der Waals surface area contributed by atoms with Crippen molar-refractivity contribution in [3.63, 3.8) is 0 Å². The molecule has 1 aromatic heterocycles. The number of carbonyl (C=O) groups excluding carboxylic acids is 2. The van der Waals surface area contributed by atoms with E-state index in [9.17, 15) is 9.59 Å². The number of rotatable bonds is 6. The van der Waals surface area contributed by atoms with Crippen molar-refractivity contribution in [2.75, 3.05) is 13.2 Å². The summed E-state index contributed by atoms with van der Waals surface area (Å²) in [5.41, 5.74) is 6.21. The van der Waals surface area contributed by atoms with Crippen molar-refractivity contribution >= 4 is 11.9 Å². The lowest BCUT2D eigenvalue weighted by Crippen LogP contribution is -2.45. The summed E-state index contributed by atoms with van der Waals surface area (Å²) in [6, 6.07) is 16.6.